The molecule has 0 aliphatic heterocycles. The fourth-order valence-electron chi connectivity index (χ4n) is 8.24. The summed E-state index contributed by atoms with van der Waals surface area (Å²) < 4.78 is 6.01. The monoisotopic (exact) mass is 566 g/mol. The summed E-state index contributed by atoms with van der Waals surface area (Å²) in [6, 6.07) is -0.990. The molecule has 39 heavy (non-hydrogen) atoms. The second-order valence-corrected chi connectivity index (χ2v) is 15.8. The molecule has 11 atom stereocenters. The van der Waals surface area contributed by atoms with Crippen molar-refractivity contribution < 1.29 is 24.5 Å². The number of esters is 1. The molecular formula is C31H54N2O5S. The first-order valence-electron chi connectivity index (χ1n) is 14.8. The summed E-state index contributed by atoms with van der Waals surface area (Å²) in [5.74, 6) is 0.646. The number of nitrogens with one attached hydrogen (secondary N) is 1. The number of thioether (sulfide) groups is 1. The first-order chi connectivity index (χ1) is 17.9. The van der Waals surface area contributed by atoms with E-state index in [9.17, 15) is 19.8 Å². The first kappa shape index (κ1) is 32.4. The van der Waals surface area contributed by atoms with Crippen LogP contribution in [0.5, 0.6) is 0 Å². The molecule has 8 heteroatoms. The quantitative estimate of drug-likeness (QED) is 0.243. The Balaban J connectivity index is 1.81. The SMILES string of the molecule is C=C[C@]1(C)C[C@@H](OC(=O)CSC(C)(C)CNC(=O)C(N)C(C)O)[C@]2(C)[C@H](C)CC[C@]3(CCC(O)[C@H]32)[C@@H](C)C1C. The standard InChI is InChI=1S/C31H54N2O5S/c1-10-29(8)15-23(38-24(36)16-39-28(6,7)17-33-27(37)25(32)21(5)34)30(9)18(2)11-13-31(20(4)19(29)3)14-12-22(35)26(30)31/h10,18-23,25-26,34-35H,1,11-17,32H2,2-9H3,(H,33,37)/t18-,19?,20+,21?,22?,23-,25?,26+,29-,30+,31+/m1/s1. The number of rotatable bonds is 9. The Kier molecular flexibility index (Phi) is 9.69. The van der Waals surface area contributed by atoms with E-state index in [4.69, 9.17) is 10.5 Å². The molecule has 3 rings (SSSR count). The molecule has 5 N–H and O–H groups in total. The second-order valence-electron chi connectivity index (χ2n) is 14.1. The molecule has 7 nitrogen and oxygen atoms in total. The Morgan fingerprint density at radius 3 is 2.41 bits per heavy atom. The number of carbonyl (C=O) groups excluding carboxylic acids is 2. The zero-order valence-corrected chi connectivity index (χ0v) is 26.3. The average Bonchev–Trinajstić information content (AvgIpc) is 3.24. The maximum Gasteiger partial charge on any atom is 0.316 e. The highest BCUT2D eigenvalue weighted by molar-refractivity contribution is 8.01. The Hall–Kier alpha value is -1.09. The van der Waals surface area contributed by atoms with E-state index in [1.54, 1.807) is 0 Å². The van der Waals surface area contributed by atoms with Gasteiger partial charge in [-0.3, -0.25) is 9.59 Å². The summed E-state index contributed by atoms with van der Waals surface area (Å²) in [4.78, 5) is 25.6. The number of ether oxygens (including phenoxy) is 1. The lowest BCUT2D eigenvalue weighted by Gasteiger charge is -2.63. The maximum atomic E-state index is 13.4. The third-order valence-electron chi connectivity index (χ3n) is 11.5. The van der Waals surface area contributed by atoms with Gasteiger partial charge >= 0.3 is 5.97 Å². The van der Waals surface area contributed by atoms with Gasteiger partial charge in [0.2, 0.25) is 5.91 Å². The van der Waals surface area contributed by atoms with Crippen molar-refractivity contribution in [3.05, 3.63) is 12.7 Å². The number of hydrogen-bond acceptors (Lipinski definition) is 7. The van der Waals surface area contributed by atoms with Gasteiger partial charge in [0.15, 0.2) is 0 Å². The van der Waals surface area contributed by atoms with Crippen molar-refractivity contribution in [2.24, 2.45) is 45.7 Å². The van der Waals surface area contributed by atoms with Gasteiger partial charge in [-0.15, -0.1) is 18.3 Å². The largest absolute Gasteiger partial charge is 0.461 e. The van der Waals surface area contributed by atoms with E-state index in [1.165, 1.54) is 18.7 Å². The smallest absolute Gasteiger partial charge is 0.316 e. The molecule has 0 radical (unpaired) electrons. The predicted octanol–water partition coefficient (Wildman–Crippen LogP) is 4.30. The second kappa shape index (κ2) is 11.7. The molecule has 3 fully saturated rings. The van der Waals surface area contributed by atoms with Gasteiger partial charge in [-0.2, -0.15) is 0 Å². The molecule has 3 aliphatic carbocycles. The maximum absolute atomic E-state index is 13.4. The van der Waals surface area contributed by atoms with E-state index >= 15 is 0 Å². The summed E-state index contributed by atoms with van der Waals surface area (Å²) in [5.41, 5.74) is 5.23. The summed E-state index contributed by atoms with van der Waals surface area (Å²) in [7, 11) is 0. The van der Waals surface area contributed by atoms with E-state index in [0.29, 0.717) is 30.7 Å². The third-order valence-corrected chi connectivity index (χ3v) is 12.8. The normalized spacial score (nSPS) is 41.9. The molecule has 0 aromatic carbocycles. The van der Waals surface area contributed by atoms with Crippen molar-refractivity contribution in [3.8, 4) is 0 Å². The lowest BCUT2D eigenvalue weighted by atomic mass is 9.42. The van der Waals surface area contributed by atoms with Crippen molar-refractivity contribution >= 4 is 23.6 Å². The van der Waals surface area contributed by atoms with E-state index in [0.717, 1.165) is 25.7 Å². The van der Waals surface area contributed by atoms with Gasteiger partial charge in [-0.05, 0) is 87.4 Å². The topological polar surface area (TPSA) is 122 Å². The van der Waals surface area contributed by atoms with Gasteiger partial charge in [-0.25, -0.2) is 0 Å². The van der Waals surface area contributed by atoms with E-state index < -0.39 is 22.8 Å². The number of aliphatic hydroxyl groups is 2. The zero-order valence-electron chi connectivity index (χ0n) is 25.5. The summed E-state index contributed by atoms with van der Waals surface area (Å²) in [6.45, 7) is 21.4. The fourth-order valence-corrected chi connectivity index (χ4v) is 8.99. The van der Waals surface area contributed by atoms with E-state index in [1.807, 2.05) is 13.8 Å². The number of aliphatic hydroxyl groups excluding tert-OH is 2. The molecule has 1 amide bonds. The van der Waals surface area contributed by atoms with Gasteiger partial charge in [0, 0.05) is 16.7 Å². The summed E-state index contributed by atoms with van der Waals surface area (Å²) in [5, 5.41) is 23.8. The number of amides is 1. The van der Waals surface area contributed by atoms with Crippen LogP contribution in [0.4, 0.5) is 0 Å². The lowest BCUT2D eigenvalue weighted by Crippen LogP contribution is -2.62. The minimum absolute atomic E-state index is 0.0390. The van der Waals surface area contributed by atoms with Crippen LogP contribution in [0.25, 0.3) is 0 Å². The van der Waals surface area contributed by atoms with Crippen molar-refractivity contribution in [2.75, 3.05) is 12.3 Å². The molecule has 0 aromatic rings. The molecule has 2 bridgehead atoms. The molecule has 224 valence electrons. The van der Waals surface area contributed by atoms with Crippen molar-refractivity contribution in [1.29, 1.82) is 0 Å². The molecule has 0 spiro atoms. The molecule has 4 unspecified atom stereocenters. The first-order valence-corrected chi connectivity index (χ1v) is 15.8. The van der Waals surface area contributed by atoms with Gasteiger partial charge in [0.1, 0.15) is 12.1 Å². The van der Waals surface area contributed by atoms with E-state index in [-0.39, 0.29) is 46.1 Å². The molecule has 0 aromatic heterocycles. The Morgan fingerprint density at radius 2 is 1.82 bits per heavy atom. The van der Waals surface area contributed by atoms with Crippen LogP contribution in [0.15, 0.2) is 12.7 Å². The lowest BCUT2D eigenvalue weighted by molar-refractivity contribution is -0.208. The van der Waals surface area contributed by atoms with Crippen LogP contribution in [0.1, 0.15) is 87.5 Å². The number of nitrogens with two attached hydrogens (primary N) is 1. The third kappa shape index (κ3) is 5.96. The van der Waals surface area contributed by atoms with E-state index in [2.05, 4.69) is 52.6 Å². The molecule has 3 saturated carbocycles. The Morgan fingerprint density at radius 1 is 1.21 bits per heavy atom. The molecule has 0 saturated heterocycles. The number of allylic oxidation sites excluding steroid dienone is 1. The molecule has 3 aliphatic rings. The van der Waals surface area contributed by atoms with Crippen molar-refractivity contribution in [3.63, 3.8) is 0 Å². The van der Waals surface area contributed by atoms with Crippen LogP contribution in [0.3, 0.4) is 0 Å². The van der Waals surface area contributed by atoms with Crippen LogP contribution >= 0.6 is 11.8 Å². The average molecular weight is 567 g/mol. The van der Waals surface area contributed by atoms with Gasteiger partial charge < -0.3 is 26.0 Å². The number of carbonyl (C=O) groups is 2. The minimum Gasteiger partial charge on any atom is -0.461 e. The highest BCUT2D eigenvalue weighted by Gasteiger charge is 2.67. The van der Waals surface area contributed by atoms with Crippen molar-refractivity contribution in [2.45, 2.75) is 117 Å². The van der Waals surface area contributed by atoms with Gasteiger partial charge in [0.05, 0.1) is 18.0 Å². The fraction of sp³-hybridized carbons (Fsp3) is 0.871. The highest BCUT2D eigenvalue weighted by atomic mass is 32.2. The predicted molar refractivity (Wildman–Crippen MR) is 158 cm³/mol. The van der Waals surface area contributed by atoms with Crippen LogP contribution in [0.2, 0.25) is 0 Å². The zero-order chi connectivity index (χ0) is 29.6. The molecule has 0 heterocycles. The summed E-state index contributed by atoms with van der Waals surface area (Å²) >= 11 is 1.43. The summed E-state index contributed by atoms with van der Waals surface area (Å²) in [6.07, 6.45) is 5.13. The Bertz CT molecular complexity index is 927. The molecular weight excluding hydrogens is 512 g/mol. The minimum atomic E-state index is -0.990. The number of hydrogen-bond donors (Lipinski definition) is 4. The van der Waals surface area contributed by atoms with Crippen LogP contribution in [-0.2, 0) is 14.3 Å². The highest BCUT2D eigenvalue weighted by Crippen LogP contribution is 2.69. The van der Waals surface area contributed by atoms with Crippen molar-refractivity contribution in [1.82, 2.24) is 5.32 Å². The van der Waals surface area contributed by atoms with Crippen LogP contribution in [0, 0.1) is 39.9 Å². The van der Waals surface area contributed by atoms with Crippen LogP contribution in [-0.4, -0.2) is 63.5 Å². The van der Waals surface area contributed by atoms with Gasteiger partial charge in [0.25, 0.3) is 0 Å². The Labute approximate surface area is 240 Å². The van der Waals surface area contributed by atoms with Crippen LogP contribution < -0.4 is 11.1 Å². The van der Waals surface area contributed by atoms with Gasteiger partial charge in [-0.1, -0.05) is 40.7 Å².